The monoisotopic (exact) mass is 116 g/mol. The van der Waals surface area contributed by atoms with Crippen molar-refractivity contribution in [1.82, 2.24) is 5.32 Å². The van der Waals surface area contributed by atoms with Crippen molar-refractivity contribution in [3.8, 4) is 0 Å². The average molecular weight is 116 g/mol. The lowest BCUT2D eigenvalue weighted by Gasteiger charge is -1.99. The Morgan fingerprint density at radius 3 is 2.88 bits per heavy atom. The highest BCUT2D eigenvalue weighted by atomic mass is 16.1. The molecule has 0 aromatic carbocycles. The summed E-state index contributed by atoms with van der Waals surface area (Å²) in [4.78, 5) is 9.86. The van der Waals surface area contributed by atoms with Crippen molar-refractivity contribution in [3.05, 3.63) is 0 Å². The van der Waals surface area contributed by atoms with Gasteiger partial charge in [-0.3, -0.25) is 0 Å². The van der Waals surface area contributed by atoms with Gasteiger partial charge < -0.3 is 15.8 Å². The molecular weight excluding hydrogens is 104 g/mol. The highest BCUT2D eigenvalue weighted by Gasteiger charge is 1.95. The fourth-order valence-corrected chi connectivity index (χ4v) is 0.379. The van der Waals surface area contributed by atoms with Crippen molar-refractivity contribution < 1.29 is 4.79 Å². The maximum Gasteiger partial charge on any atom is 0.136 e. The molecule has 0 aromatic rings. The summed E-state index contributed by atoms with van der Waals surface area (Å²) in [5, 5.41) is 2.89. The van der Waals surface area contributed by atoms with Gasteiger partial charge in [0.15, 0.2) is 0 Å². The summed E-state index contributed by atoms with van der Waals surface area (Å²) in [6.45, 7) is 0.805. The number of nitrogens with two attached hydrogens (primary N) is 1. The Hall–Kier alpha value is -0.410. The van der Waals surface area contributed by atoms with Crippen LogP contribution in [0, 0.1) is 0 Å². The molecule has 3 heteroatoms. The van der Waals surface area contributed by atoms with Gasteiger partial charge in [0, 0.05) is 0 Å². The van der Waals surface area contributed by atoms with Gasteiger partial charge in [-0.25, -0.2) is 0 Å². The van der Waals surface area contributed by atoms with Crippen LogP contribution < -0.4 is 11.1 Å². The molecule has 0 saturated carbocycles. The van der Waals surface area contributed by atoms with Gasteiger partial charge >= 0.3 is 0 Å². The fraction of sp³-hybridized carbons (Fsp3) is 0.800. The van der Waals surface area contributed by atoms with Gasteiger partial charge in [-0.05, 0) is 20.0 Å². The number of carbonyl (C=O) groups is 1. The first kappa shape index (κ1) is 7.59. The lowest BCUT2D eigenvalue weighted by Crippen LogP contribution is -2.25. The molecule has 0 amide bonds. The fourth-order valence-electron chi connectivity index (χ4n) is 0.379. The highest BCUT2D eigenvalue weighted by Crippen LogP contribution is 1.77. The number of carbonyl (C=O) groups excluding carboxylic acids is 1. The van der Waals surface area contributed by atoms with E-state index in [1.165, 1.54) is 0 Å². The third-order valence-corrected chi connectivity index (χ3v) is 0.902. The molecule has 3 N–H and O–H groups in total. The summed E-state index contributed by atoms with van der Waals surface area (Å²) < 4.78 is 0. The van der Waals surface area contributed by atoms with Crippen LogP contribution in [-0.4, -0.2) is 25.9 Å². The third-order valence-electron chi connectivity index (χ3n) is 0.902. The molecule has 3 nitrogen and oxygen atoms in total. The zero-order valence-electron chi connectivity index (χ0n) is 5.05. The van der Waals surface area contributed by atoms with E-state index in [1.54, 1.807) is 0 Å². The maximum atomic E-state index is 9.86. The SMILES string of the molecule is CNCCC(N)C=O. The van der Waals surface area contributed by atoms with Crippen LogP contribution in [0.4, 0.5) is 0 Å². The van der Waals surface area contributed by atoms with Gasteiger partial charge in [0.2, 0.25) is 0 Å². The van der Waals surface area contributed by atoms with Crippen molar-refractivity contribution in [1.29, 1.82) is 0 Å². The second-order valence-electron chi connectivity index (χ2n) is 1.69. The minimum Gasteiger partial charge on any atom is -0.322 e. The van der Waals surface area contributed by atoms with Gasteiger partial charge in [-0.2, -0.15) is 0 Å². The van der Waals surface area contributed by atoms with Crippen LogP contribution in [0.15, 0.2) is 0 Å². The Balaban J connectivity index is 2.98. The van der Waals surface area contributed by atoms with E-state index in [1.807, 2.05) is 7.05 Å². The normalized spacial score (nSPS) is 13.2. The van der Waals surface area contributed by atoms with Crippen LogP contribution in [0.25, 0.3) is 0 Å². The van der Waals surface area contributed by atoms with Gasteiger partial charge in [0.05, 0.1) is 6.04 Å². The lowest BCUT2D eigenvalue weighted by molar-refractivity contribution is -0.109. The average Bonchev–Trinajstić information content (AvgIpc) is 1.83. The molecule has 8 heavy (non-hydrogen) atoms. The topological polar surface area (TPSA) is 55.1 Å². The van der Waals surface area contributed by atoms with Crippen molar-refractivity contribution in [3.63, 3.8) is 0 Å². The first-order valence-electron chi connectivity index (χ1n) is 2.66. The maximum absolute atomic E-state index is 9.86. The van der Waals surface area contributed by atoms with E-state index in [0.29, 0.717) is 0 Å². The van der Waals surface area contributed by atoms with Crippen LogP contribution in [0.2, 0.25) is 0 Å². The highest BCUT2D eigenvalue weighted by molar-refractivity contribution is 5.56. The summed E-state index contributed by atoms with van der Waals surface area (Å²) in [7, 11) is 1.83. The van der Waals surface area contributed by atoms with Gasteiger partial charge in [0.25, 0.3) is 0 Å². The summed E-state index contributed by atoms with van der Waals surface area (Å²) >= 11 is 0. The van der Waals surface area contributed by atoms with E-state index in [-0.39, 0.29) is 6.04 Å². The predicted octanol–water partition coefficient (Wildman–Crippen LogP) is -0.878. The molecular formula is C5H12N2O. The number of rotatable bonds is 4. The van der Waals surface area contributed by atoms with Crippen LogP contribution in [-0.2, 0) is 4.79 Å². The molecule has 0 saturated heterocycles. The van der Waals surface area contributed by atoms with Crippen LogP contribution in [0.3, 0.4) is 0 Å². The van der Waals surface area contributed by atoms with E-state index >= 15 is 0 Å². The standard InChI is InChI=1S/C5H12N2O/c1-7-3-2-5(6)4-8/h4-5,7H,2-3,6H2,1H3. The largest absolute Gasteiger partial charge is 0.322 e. The van der Waals surface area contributed by atoms with Gasteiger partial charge in [-0.1, -0.05) is 0 Å². The molecule has 0 aliphatic heterocycles. The summed E-state index contributed by atoms with van der Waals surface area (Å²) in [5.41, 5.74) is 5.25. The summed E-state index contributed by atoms with van der Waals surface area (Å²) in [5.74, 6) is 0. The molecule has 0 spiro atoms. The van der Waals surface area contributed by atoms with Crippen molar-refractivity contribution >= 4 is 6.29 Å². The summed E-state index contributed by atoms with van der Waals surface area (Å²) in [6, 6.07) is -0.289. The van der Waals surface area contributed by atoms with E-state index in [2.05, 4.69) is 5.32 Å². The minimum absolute atomic E-state index is 0.289. The Labute approximate surface area is 49.3 Å². The molecule has 0 rings (SSSR count). The molecule has 1 unspecified atom stereocenters. The van der Waals surface area contributed by atoms with E-state index < -0.39 is 0 Å². The van der Waals surface area contributed by atoms with Crippen molar-refractivity contribution in [2.75, 3.05) is 13.6 Å². The minimum atomic E-state index is -0.289. The molecule has 0 fully saturated rings. The number of nitrogens with one attached hydrogen (secondary N) is 1. The van der Waals surface area contributed by atoms with Crippen LogP contribution >= 0.6 is 0 Å². The molecule has 0 heterocycles. The Morgan fingerprint density at radius 2 is 2.50 bits per heavy atom. The van der Waals surface area contributed by atoms with Crippen molar-refractivity contribution in [2.24, 2.45) is 5.73 Å². The van der Waals surface area contributed by atoms with Gasteiger partial charge in [-0.15, -0.1) is 0 Å². The van der Waals surface area contributed by atoms with E-state index in [9.17, 15) is 4.79 Å². The molecule has 0 bridgehead atoms. The van der Waals surface area contributed by atoms with Crippen molar-refractivity contribution in [2.45, 2.75) is 12.5 Å². The molecule has 0 aromatic heterocycles. The first-order chi connectivity index (χ1) is 3.81. The zero-order chi connectivity index (χ0) is 6.41. The van der Waals surface area contributed by atoms with E-state index in [4.69, 9.17) is 5.73 Å². The number of hydrogen-bond donors (Lipinski definition) is 2. The molecule has 48 valence electrons. The summed E-state index contributed by atoms with van der Waals surface area (Å²) in [6.07, 6.45) is 1.48. The Morgan fingerprint density at radius 1 is 1.88 bits per heavy atom. The third kappa shape index (κ3) is 3.77. The van der Waals surface area contributed by atoms with Gasteiger partial charge in [0.1, 0.15) is 6.29 Å². The first-order valence-corrected chi connectivity index (χ1v) is 2.66. The zero-order valence-corrected chi connectivity index (χ0v) is 5.05. The molecule has 1 atom stereocenters. The lowest BCUT2D eigenvalue weighted by atomic mass is 10.2. The molecule has 0 aliphatic rings. The predicted molar refractivity (Wildman–Crippen MR) is 32.6 cm³/mol. The second kappa shape index (κ2) is 4.74. The smallest absolute Gasteiger partial charge is 0.136 e. The Bertz CT molecular complexity index is 65.4. The number of aldehydes is 1. The molecule has 0 aliphatic carbocycles. The van der Waals surface area contributed by atoms with Crippen LogP contribution in [0.1, 0.15) is 6.42 Å². The quantitative estimate of drug-likeness (QED) is 0.469. The second-order valence-corrected chi connectivity index (χ2v) is 1.69. The number of hydrogen-bond acceptors (Lipinski definition) is 3. The molecule has 0 radical (unpaired) electrons. The van der Waals surface area contributed by atoms with E-state index in [0.717, 1.165) is 19.3 Å². The Kier molecular flexibility index (Phi) is 4.50. The van der Waals surface area contributed by atoms with Crippen LogP contribution in [0.5, 0.6) is 0 Å².